The molecule has 0 amide bonds. The first-order valence-corrected chi connectivity index (χ1v) is 8.44. The van der Waals surface area contributed by atoms with Gasteiger partial charge in [0.1, 0.15) is 10.6 Å². The lowest BCUT2D eigenvalue weighted by molar-refractivity contribution is 0.363. The largest absolute Gasteiger partial charge is 0.360 e. The van der Waals surface area contributed by atoms with Gasteiger partial charge in [-0.05, 0) is 33.5 Å². The third-order valence-electron chi connectivity index (χ3n) is 3.28. The van der Waals surface area contributed by atoms with Crippen LogP contribution in [0.15, 0.2) is 39.8 Å². The molecule has 1 unspecified atom stereocenters. The number of sulfonamides is 1. The number of likely N-dealkylation sites (N-methyl/N-ethyl adjacent to an activating group) is 1. The van der Waals surface area contributed by atoms with E-state index in [9.17, 15) is 8.42 Å². The molecule has 128 valence electrons. The molecule has 23 heavy (non-hydrogen) atoms. The minimum atomic E-state index is -3.70. The van der Waals surface area contributed by atoms with Crippen molar-refractivity contribution < 1.29 is 12.9 Å². The zero-order valence-electron chi connectivity index (χ0n) is 13.6. The Morgan fingerprint density at radius 3 is 2.30 bits per heavy atom. The van der Waals surface area contributed by atoms with Gasteiger partial charge in [-0.25, -0.2) is 13.1 Å². The van der Waals surface area contributed by atoms with Gasteiger partial charge in [-0.3, -0.25) is 0 Å². The van der Waals surface area contributed by atoms with Gasteiger partial charge in [-0.1, -0.05) is 35.5 Å². The molecule has 0 spiro atoms. The van der Waals surface area contributed by atoms with Crippen LogP contribution in [-0.2, 0) is 10.0 Å². The summed E-state index contributed by atoms with van der Waals surface area (Å²) in [7, 11) is 0.102. The minimum Gasteiger partial charge on any atom is -0.360 e. The zero-order chi connectivity index (χ0) is 16.3. The Morgan fingerprint density at radius 1 is 1.22 bits per heavy atom. The quantitative estimate of drug-likeness (QED) is 0.856. The van der Waals surface area contributed by atoms with E-state index in [2.05, 4.69) is 9.88 Å². The van der Waals surface area contributed by atoms with Crippen LogP contribution in [0.1, 0.15) is 23.1 Å². The van der Waals surface area contributed by atoms with Crippen LogP contribution in [-0.4, -0.2) is 39.1 Å². The summed E-state index contributed by atoms with van der Waals surface area (Å²) in [6.07, 6.45) is 0. The molecule has 2 rings (SSSR count). The lowest BCUT2D eigenvalue weighted by atomic mass is 10.1. The highest BCUT2D eigenvalue weighted by Crippen LogP contribution is 2.22. The average molecular weight is 360 g/mol. The van der Waals surface area contributed by atoms with Gasteiger partial charge >= 0.3 is 0 Å². The number of rotatable bonds is 6. The number of benzene rings is 1. The van der Waals surface area contributed by atoms with Gasteiger partial charge in [0.15, 0.2) is 5.76 Å². The summed E-state index contributed by atoms with van der Waals surface area (Å²) in [6, 6.07) is 9.15. The summed E-state index contributed by atoms with van der Waals surface area (Å²) in [5.74, 6) is 0.293. The SMILES string of the molecule is Cc1noc(C)c1S(=O)(=O)NC(CN(C)C)c1ccccc1.Cl. The van der Waals surface area contributed by atoms with Crippen LogP contribution in [0.3, 0.4) is 0 Å². The number of halogens is 1. The standard InChI is InChI=1S/C15H21N3O3S.ClH/c1-11-15(12(2)21-16-11)22(19,20)17-14(10-18(3)4)13-8-6-5-7-9-13;/h5-9,14,17H,10H2,1-4H3;1H. The molecule has 0 saturated carbocycles. The monoisotopic (exact) mass is 359 g/mol. The van der Waals surface area contributed by atoms with Crippen LogP contribution < -0.4 is 4.72 Å². The Bertz CT molecular complexity index is 710. The summed E-state index contributed by atoms with van der Waals surface area (Å²) >= 11 is 0. The van der Waals surface area contributed by atoms with Gasteiger partial charge < -0.3 is 9.42 Å². The van der Waals surface area contributed by atoms with Gasteiger partial charge in [0, 0.05) is 6.54 Å². The van der Waals surface area contributed by atoms with Gasteiger partial charge in [0.2, 0.25) is 10.0 Å². The van der Waals surface area contributed by atoms with E-state index in [0.717, 1.165) is 5.56 Å². The van der Waals surface area contributed by atoms with Crippen molar-refractivity contribution in [2.24, 2.45) is 0 Å². The van der Waals surface area contributed by atoms with Crippen molar-refractivity contribution in [2.75, 3.05) is 20.6 Å². The Balaban J connectivity index is 0.00000264. The van der Waals surface area contributed by atoms with Gasteiger partial charge in [-0.15, -0.1) is 12.4 Å². The third kappa shape index (κ3) is 4.78. The summed E-state index contributed by atoms with van der Waals surface area (Å²) in [5.41, 5.74) is 1.27. The predicted octanol–water partition coefficient (Wildman–Crippen LogP) is 2.29. The molecular formula is C15H22ClN3O3S. The second kappa shape index (κ2) is 7.92. The molecule has 0 fully saturated rings. The van der Waals surface area contributed by atoms with E-state index in [1.807, 2.05) is 49.3 Å². The number of hydrogen-bond acceptors (Lipinski definition) is 5. The Hall–Kier alpha value is -1.41. The maximum Gasteiger partial charge on any atom is 0.246 e. The van der Waals surface area contributed by atoms with E-state index < -0.39 is 10.0 Å². The topological polar surface area (TPSA) is 75.4 Å². The smallest absolute Gasteiger partial charge is 0.246 e. The van der Waals surface area contributed by atoms with Gasteiger partial charge in [0.25, 0.3) is 0 Å². The molecule has 8 heteroatoms. The predicted molar refractivity (Wildman–Crippen MR) is 91.3 cm³/mol. The third-order valence-corrected chi connectivity index (χ3v) is 5.00. The number of nitrogens with one attached hydrogen (secondary N) is 1. The fraction of sp³-hybridized carbons (Fsp3) is 0.400. The molecule has 0 aliphatic rings. The van der Waals surface area contributed by atoms with E-state index in [1.165, 1.54) is 0 Å². The highest BCUT2D eigenvalue weighted by atomic mass is 35.5. The zero-order valence-corrected chi connectivity index (χ0v) is 15.2. The van der Waals surface area contributed by atoms with E-state index >= 15 is 0 Å². The van der Waals surface area contributed by atoms with Crippen molar-refractivity contribution in [3.8, 4) is 0 Å². The van der Waals surface area contributed by atoms with Crippen molar-refractivity contribution in [1.82, 2.24) is 14.8 Å². The van der Waals surface area contributed by atoms with E-state index in [1.54, 1.807) is 13.8 Å². The Labute approximate surface area is 143 Å². The molecule has 1 aromatic carbocycles. The maximum atomic E-state index is 12.7. The van der Waals surface area contributed by atoms with Crippen molar-refractivity contribution in [2.45, 2.75) is 24.8 Å². The van der Waals surface area contributed by atoms with Crippen molar-refractivity contribution in [3.05, 3.63) is 47.3 Å². The minimum absolute atomic E-state index is 0. The lowest BCUT2D eigenvalue weighted by Crippen LogP contribution is -2.35. The van der Waals surface area contributed by atoms with Crippen LogP contribution in [0.25, 0.3) is 0 Å². The van der Waals surface area contributed by atoms with E-state index in [0.29, 0.717) is 18.0 Å². The number of aromatic nitrogens is 1. The van der Waals surface area contributed by atoms with Crippen LogP contribution in [0.4, 0.5) is 0 Å². The fourth-order valence-electron chi connectivity index (χ4n) is 2.37. The first-order chi connectivity index (χ1) is 10.3. The molecule has 0 aliphatic heterocycles. The van der Waals surface area contributed by atoms with E-state index in [-0.39, 0.29) is 23.3 Å². The lowest BCUT2D eigenvalue weighted by Gasteiger charge is -2.22. The normalized spacial score (nSPS) is 12.9. The molecular weight excluding hydrogens is 338 g/mol. The molecule has 0 aliphatic carbocycles. The highest BCUT2D eigenvalue weighted by Gasteiger charge is 2.27. The Kier molecular flexibility index (Phi) is 6.76. The van der Waals surface area contributed by atoms with Crippen LogP contribution in [0.2, 0.25) is 0 Å². The van der Waals surface area contributed by atoms with Crippen molar-refractivity contribution >= 4 is 22.4 Å². The van der Waals surface area contributed by atoms with Crippen LogP contribution in [0, 0.1) is 13.8 Å². The first-order valence-electron chi connectivity index (χ1n) is 6.96. The molecule has 6 nitrogen and oxygen atoms in total. The second-order valence-corrected chi connectivity index (χ2v) is 7.15. The number of aryl methyl sites for hydroxylation is 2. The van der Waals surface area contributed by atoms with Crippen LogP contribution >= 0.6 is 12.4 Å². The molecule has 0 radical (unpaired) electrons. The summed E-state index contributed by atoms with van der Waals surface area (Å²) in [4.78, 5) is 2.06. The fourth-order valence-corrected chi connectivity index (χ4v) is 3.91. The molecule has 2 aromatic rings. The molecule has 1 N–H and O–H groups in total. The van der Waals surface area contributed by atoms with Crippen molar-refractivity contribution in [3.63, 3.8) is 0 Å². The second-order valence-electron chi connectivity index (χ2n) is 5.50. The first kappa shape index (κ1) is 19.6. The Morgan fingerprint density at radius 2 is 1.83 bits per heavy atom. The van der Waals surface area contributed by atoms with Crippen LogP contribution in [0.5, 0.6) is 0 Å². The summed E-state index contributed by atoms with van der Waals surface area (Å²) in [5, 5.41) is 3.72. The average Bonchev–Trinajstić information content (AvgIpc) is 2.78. The van der Waals surface area contributed by atoms with Crippen molar-refractivity contribution in [1.29, 1.82) is 0 Å². The number of nitrogens with zero attached hydrogens (tertiary/aromatic N) is 2. The maximum absolute atomic E-state index is 12.7. The summed E-state index contributed by atoms with van der Waals surface area (Å²) in [6.45, 7) is 3.76. The van der Waals surface area contributed by atoms with Gasteiger partial charge in [0.05, 0.1) is 6.04 Å². The molecule has 0 saturated heterocycles. The van der Waals surface area contributed by atoms with E-state index in [4.69, 9.17) is 4.52 Å². The summed E-state index contributed by atoms with van der Waals surface area (Å²) < 4.78 is 33.1. The molecule has 0 bridgehead atoms. The molecule has 1 heterocycles. The number of hydrogen-bond donors (Lipinski definition) is 1. The van der Waals surface area contributed by atoms with Gasteiger partial charge in [-0.2, -0.15) is 0 Å². The molecule has 1 atom stereocenters. The highest BCUT2D eigenvalue weighted by molar-refractivity contribution is 7.89. The molecule has 1 aromatic heterocycles.